The number of anilines is 3. The van der Waals surface area contributed by atoms with Crippen molar-refractivity contribution in [2.45, 2.75) is 6.92 Å². The van der Waals surface area contributed by atoms with E-state index in [4.69, 9.17) is 16.7 Å². The molecule has 0 radical (unpaired) electrons. The highest BCUT2D eigenvalue weighted by Gasteiger charge is 2.22. The average Bonchev–Trinajstić information content (AvgIpc) is 2.88. The molecule has 0 saturated carbocycles. The van der Waals surface area contributed by atoms with Gasteiger partial charge in [0.1, 0.15) is 33.2 Å². The van der Waals surface area contributed by atoms with Crippen LogP contribution in [0.25, 0.3) is 10.2 Å². The molecule has 2 heterocycles. The number of nitrogens with zero attached hydrogens (tertiary/aromatic N) is 2. The summed E-state index contributed by atoms with van der Waals surface area (Å²) in [6, 6.07) is 4.66. The fourth-order valence-electron chi connectivity index (χ4n) is 2.44. The van der Waals surface area contributed by atoms with Gasteiger partial charge in [-0.2, -0.15) is 5.26 Å². The van der Waals surface area contributed by atoms with Crippen LogP contribution in [0, 0.1) is 29.9 Å². The zero-order chi connectivity index (χ0) is 18.3. The van der Waals surface area contributed by atoms with Crippen molar-refractivity contribution < 1.29 is 13.6 Å². The SMILES string of the molecule is Cc1c(C#N)c(N)nc2sc(C(=O)Nc3cc(F)ccc3F)c(N)c12. The molecule has 0 spiro atoms. The molecule has 0 saturated heterocycles. The van der Waals surface area contributed by atoms with Gasteiger partial charge in [0.15, 0.2) is 0 Å². The van der Waals surface area contributed by atoms with E-state index in [0.29, 0.717) is 15.8 Å². The molecule has 0 aliphatic heterocycles. The predicted octanol–water partition coefficient (Wildman–Crippen LogP) is 3.17. The Labute approximate surface area is 144 Å². The van der Waals surface area contributed by atoms with E-state index in [0.717, 1.165) is 29.5 Å². The van der Waals surface area contributed by atoms with Crippen LogP contribution in [-0.2, 0) is 0 Å². The van der Waals surface area contributed by atoms with Crippen LogP contribution in [-0.4, -0.2) is 10.9 Å². The van der Waals surface area contributed by atoms with Gasteiger partial charge in [0.05, 0.1) is 16.9 Å². The second-order valence-corrected chi connectivity index (χ2v) is 6.21. The van der Waals surface area contributed by atoms with Gasteiger partial charge in [-0.25, -0.2) is 13.8 Å². The largest absolute Gasteiger partial charge is 0.397 e. The minimum atomic E-state index is -0.778. The summed E-state index contributed by atoms with van der Waals surface area (Å²) in [5.74, 6) is -2.14. The van der Waals surface area contributed by atoms with Crippen LogP contribution in [0.4, 0.5) is 26.0 Å². The van der Waals surface area contributed by atoms with Crippen LogP contribution >= 0.6 is 11.3 Å². The lowest BCUT2D eigenvalue weighted by Crippen LogP contribution is -2.13. The van der Waals surface area contributed by atoms with E-state index in [1.807, 2.05) is 6.07 Å². The lowest BCUT2D eigenvalue weighted by Gasteiger charge is -2.06. The number of halogens is 2. The van der Waals surface area contributed by atoms with Crippen LogP contribution in [0.15, 0.2) is 18.2 Å². The molecule has 2 aromatic heterocycles. The first-order chi connectivity index (χ1) is 11.8. The van der Waals surface area contributed by atoms with E-state index in [1.54, 1.807) is 6.92 Å². The molecule has 6 nitrogen and oxygen atoms in total. The molecule has 0 unspecified atom stereocenters. The number of hydrogen-bond donors (Lipinski definition) is 3. The molecule has 0 atom stereocenters. The summed E-state index contributed by atoms with van der Waals surface area (Å²) >= 11 is 0.955. The minimum absolute atomic E-state index is 0.0388. The van der Waals surface area contributed by atoms with Crippen molar-refractivity contribution in [2.24, 2.45) is 0 Å². The number of amides is 1. The van der Waals surface area contributed by atoms with Crippen molar-refractivity contribution in [1.29, 1.82) is 5.26 Å². The van der Waals surface area contributed by atoms with Gasteiger partial charge in [-0.3, -0.25) is 4.79 Å². The number of thiophene rings is 1. The second-order valence-electron chi connectivity index (χ2n) is 5.21. The van der Waals surface area contributed by atoms with Crippen LogP contribution in [0.2, 0.25) is 0 Å². The number of nitrogens with one attached hydrogen (secondary N) is 1. The molecular formula is C16H11F2N5OS. The fourth-order valence-corrected chi connectivity index (χ4v) is 3.50. The van der Waals surface area contributed by atoms with E-state index in [1.165, 1.54) is 0 Å². The summed E-state index contributed by atoms with van der Waals surface area (Å²) in [5, 5.41) is 11.9. The number of hydrogen-bond acceptors (Lipinski definition) is 6. The maximum atomic E-state index is 13.7. The molecule has 0 fully saturated rings. The van der Waals surface area contributed by atoms with Crippen LogP contribution in [0.1, 0.15) is 20.8 Å². The highest BCUT2D eigenvalue weighted by atomic mass is 32.1. The molecule has 1 amide bonds. The third-order valence-corrected chi connectivity index (χ3v) is 4.75. The van der Waals surface area contributed by atoms with Crippen molar-refractivity contribution in [3.8, 4) is 6.07 Å². The van der Waals surface area contributed by atoms with Crippen molar-refractivity contribution in [1.82, 2.24) is 4.98 Å². The number of carbonyl (C=O) groups excluding carboxylic acids is 1. The van der Waals surface area contributed by atoms with E-state index in [9.17, 15) is 13.6 Å². The zero-order valence-corrected chi connectivity index (χ0v) is 13.7. The first-order valence-electron chi connectivity index (χ1n) is 6.98. The average molecular weight is 359 g/mol. The Bertz CT molecular complexity index is 1070. The summed E-state index contributed by atoms with van der Waals surface area (Å²) in [4.78, 5) is 17.0. The molecule has 25 heavy (non-hydrogen) atoms. The van der Waals surface area contributed by atoms with Gasteiger partial charge < -0.3 is 16.8 Å². The number of nitriles is 1. The van der Waals surface area contributed by atoms with E-state index in [-0.39, 0.29) is 27.6 Å². The van der Waals surface area contributed by atoms with Crippen molar-refractivity contribution in [2.75, 3.05) is 16.8 Å². The van der Waals surface area contributed by atoms with Crippen molar-refractivity contribution in [3.63, 3.8) is 0 Å². The number of rotatable bonds is 2. The number of pyridine rings is 1. The number of aromatic nitrogens is 1. The van der Waals surface area contributed by atoms with E-state index in [2.05, 4.69) is 10.3 Å². The minimum Gasteiger partial charge on any atom is -0.397 e. The Morgan fingerprint density at radius 2 is 2.08 bits per heavy atom. The maximum absolute atomic E-state index is 13.7. The number of carbonyl (C=O) groups is 1. The maximum Gasteiger partial charge on any atom is 0.268 e. The third-order valence-electron chi connectivity index (χ3n) is 3.65. The van der Waals surface area contributed by atoms with Crippen LogP contribution in [0.3, 0.4) is 0 Å². The predicted molar refractivity (Wildman–Crippen MR) is 92.2 cm³/mol. The van der Waals surface area contributed by atoms with Gasteiger partial charge in [-0.15, -0.1) is 11.3 Å². The lowest BCUT2D eigenvalue weighted by atomic mass is 10.1. The first-order valence-corrected chi connectivity index (χ1v) is 7.79. The summed E-state index contributed by atoms with van der Waals surface area (Å²) in [7, 11) is 0. The Morgan fingerprint density at radius 3 is 2.76 bits per heavy atom. The smallest absolute Gasteiger partial charge is 0.268 e. The summed E-state index contributed by atoms with van der Waals surface area (Å²) in [6.07, 6.45) is 0. The molecule has 9 heteroatoms. The number of nitrogen functional groups attached to an aromatic ring is 2. The van der Waals surface area contributed by atoms with E-state index < -0.39 is 17.5 Å². The van der Waals surface area contributed by atoms with Gasteiger partial charge in [-0.05, 0) is 24.6 Å². The Kier molecular flexibility index (Phi) is 3.98. The van der Waals surface area contributed by atoms with Gasteiger partial charge in [0, 0.05) is 11.5 Å². The van der Waals surface area contributed by atoms with Crippen molar-refractivity contribution >= 4 is 44.7 Å². The standard InChI is InChI=1S/C16H11F2N5OS/c1-6-8(5-19)14(21)23-16-11(6)12(20)13(25-16)15(24)22-10-4-7(17)2-3-9(10)18/h2-4H,20H2,1H3,(H2,21,23)(H,22,24). The molecular weight excluding hydrogens is 348 g/mol. The van der Waals surface area contributed by atoms with Gasteiger partial charge in [0.25, 0.3) is 5.91 Å². The molecule has 3 rings (SSSR count). The topological polar surface area (TPSA) is 118 Å². The van der Waals surface area contributed by atoms with Crippen LogP contribution in [0.5, 0.6) is 0 Å². The van der Waals surface area contributed by atoms with E-state index >= 15 is 0 Å². The zero-order valence-electron chi connectivity index (χ0n) is 12.9. The Balaban J connectivity index is 2.09. The molecule has 3 aromatic rings. The number of nitrogens with two attached hydrogens (primary N) is 2. The molecule has 1 aromatic carbocycles. The summed E-state index contributed by atoms with van der Waals surface area (Å²) in [5.41, 5.74) is 12.3. The Morgan fingerprint density at radius 1 is 1.36 bits per heavy atom. The van der Waals surface area contributed by atoms with Gasteiger partial charge in [0.2, 0.25) is 0 Å². The molecule has 0 aliphatic rings. The highest BCUT2D eigenvalue weighted by Crippen LogP contribution is 2.37. The Hall–Kier alpha value is -3.25. The number of benzene rings is 1. The number of fused-ring (bicyclic) bond motifs is 1. The molecule has 0 bridgehead atoms. The van der Waals surface area contributed by atoms with Gasteiger partial charge in [-0.1, -0.05) is 0 Å². The molecule has 0 aliphatic carbocycles. The summed E-state index contributed by atoms with van der Waals surface area (Å²) in [6.45, 7) is 1.65. The third kappa shape index (κ3) is 2.72. The molecule has 5 N–H and O–H groups in total. The monoisotopic (exact) mass is 359 g/mol. The highest BCUT2D eigenvalue weighted by molar-refractivity contribution is 7.21. The van der Waals surface area contributed by atoms with Crippen molar-refractivity contribution in [3.05, 3.63) is 45.8 Å². The molecule has 126 valence electrons. The quantitative estimate of drug-likeness (QED) is 0.649. The van der Waals surface area contributed by atoms with Gasteiger partial charge >= 0.3 is 0 Å². The number of aryl methyl sites for hydroxylation is 1. The van der Waals surface area contributed by atoms with Crippen LogP contribution < -0.4 is 16.8 Å². The normalized spacial score (nSPS) is 10.6. The first kappa shape index (κ1) is 16.6. The fraction of sp³-hybridized carbons (Fsp3) is 0.0625. The lowest BCUT2D eigenvalue weighted by molar-refractivity contribution is 0.103. The summed E-state index contributed by atoms with van der Waals surface area (Å²) < 4.78 is 26.9. The second kappa shape index (κ2) is 5.99.